The minimum atomic E-state index is -0.188. The summed E-state index contributed by atoms with van der Waals surface area (Å²) in [6, 6.07) is 12.3. The second-order valence-electron chi connectivity index (χ2n) is 5.20. The summed E-state index contributed by atoms with van der Waals surface area (Å²) < 4.78 is 0.895. The van der Waals surface area contributed by atoms with Crippen LogP contribution in [0.3, 0.4) is 0 Å². The summed E-state index contributed by atoms with van der Waals surface area (Å²) >= 11 is 3.42. The fraction of sp³-hybridized carbons (Fsp3) is 0.176. The van der Waals surface area contributed by atoms with Gasteiger partial charge >= 0.3 is 0 Å². The third-order valence-electron chi connectivity index (χ3n) is 3.23. The molecule has 5 heteroatoms. The summed E-state index contributed by atoms with van der Waals surface area (Å²) in [5.41, 5.74) is 2.88. The maximum absolute atomic E-state index is 12.2. The molecule has 0 saturated carbocycles. The molecule has 0 radical (unpaired) electrons. The number of benzene rings is 2. The van der Waals surface area contributed by atoms with E-state index in [-0.39, 0.29) is 11.8 Å². The summed E-state index contributed by atoms with van der Waals surface area (Å²) in [5.74, 6) is -0.257. The van der Waals surface area contributed by atoms with Gasteiger partial charge in [-0.3, -0.25) is 9.59 Å². The van der Waals surface area contributed by atoms with E-state index in [2.05, 4.69) is 21.2 Å². The molecule has 0 fully saturated rings. The molecule has 2 rings (SSSR count). The van der Waals surface area contributed by atoms with Crippen LogP contribution in [0.25, 0.3) is 0 Å². The molecule has 2 amide bonds. The first-order valence-electron chi connectivity index (χ1n) is 6.77. The van der Waals surface area contributed by atoms with Crippen molar-refractivity contribution >= 4 is 33.4 Å². The molecule has 0 aromatic heterocycles. The van der Waals surface area contributed by atoms with Gasteiger partial charge in [-0.15, -0.1) is 0 Å². The van der Waals surface area contributed by atoms with E-state index < -0.39 is 0 Å². The molecular formula is C17H17BrN2O2. The smallest absolute Gasteiger partial charge is 0.255 e. The number of carbonyl (C=O) groups excluding carboxylic acids is 2. The normalized spacial score (nSPS) is 10.2. The fourth-order valence-electron chi connectivity index (χ4n) is 1.89. The Bertz CT molecular complexity index is 709. The summed E-state index contributed by atoms with van der Waals surface area (Å²) in [5, 5.41) is 2.82. The maximum atomic E-state index is 12.2. The summed E-state index contributed by atoms with van der Waals surface area (Å²) in [7, 11) is 3.40. The van der Waals surface area contributed by atoms with Crippen molar-refractivity contribution < 1.29 is 9.59 Å². The molecule has 114 valence electrons. The van der Waals surface area contributed by atoms with E-state index in [0.717, 1.165) is 10.0 Å². The van der Waals surface area contributed by atoms with Crippen LogP contribution >= 0.6 is 15.9 Å². The van der Waals surface area contributed by atoms with Crippen molar-refractivity contribution in [3.63, 3.8) is 0 Å². The molecule has 0 aliphatic rings. The number of carbonyl (C=O) groups is 2. The largest absolute Gasteiger partial charge is 0.345 e. The van der Waals surface area contributed by atoms with Crippen LogP contribution in [0.1, 0.15) is 26.3 Å². The highest BCUT2D eigenvalue weighted by Gasteiger charge is 2.10. The third kappa shape index (κ3) is 3.74. The molecule has 0 heterocycles. The van der Waals surface area contributed by atoms with E-state index in [4.69, 9.17) is 0 Å². The first kappa shape index (κ1) is 16.2. The number of nitrogens with zero attached hydrogens (tertiary/aromatic N) is 1. The lowest BCUT2D eigenvalue weighted by atomic mass is 10.1. The lowest BCUT2D eigenvalue weighted by molar-refractivity contribution is 0.0827. The van der Waals surface area contributed by atoms with Crippen molar-refractivity contribution in [3.8, 4) is 0 Å². The Morgan fingerprint density at radius 3 is 2.14 bits per heavy atom. The summed E-state index contributed by atoms with van der Waals surface area (Å²) in [6.07, 6.45) is 0. The average Bonchev–Trinajstić information content (AvgIpc) is 2.50. The number of amides is 2. The zero-order valence-corrected chi connectivity index (χ0v) is 14.3. The fourth-order valence-corrected chi connectivity index (χ4v) is 2.27. The standard InChI is InChI=1S/C17H17BrN2O2/c1-11-4-5-13(10-15(11)18)16(21)19-14-8-6-12(7-9-14)17(22)20(2)3/h4-10H,1-3H3,(H,19,21). The first-order valence-corrected chi connectivity index (χ1v) is 7.57. The second kappa shape index (κ2) is 6.75. The summed E-state index contributed by atoms with van der Waals surface area (Å²) in [6.45, 7) is 1.96. The van der Waals surface area contributed by atoms with E-state index >= 15 is 0 Å². The predicted octanol–water partition coefficient (Wildman–Crippen LogP) is 3.71. The van der Waals surface area contributed by atoms with Crippen molar-refractivity contribution in [1.82, 2.24) is 4.90 Å². The maximum Gasteiger partial charge on any atom is 0.255 e. The number of anilines is 1. The Hall–Kier alpha value is -2.14. The lowest BCUT2D eigenvalue weighted by Crippen LogP contribution is -2.21. The number of aryl methyl sites for hydroxylation is 1. The average molecular weight is 361 g/mol. The van der Waals surface area contributed by atoms with Crippen molar-refractivity contribution in [3.05, 3.63) is 63.6 Å². The Kier molecular flexibility index (Phi) is 4.98. The molecule has 0 aliphatic carbocycles. The zero-order valence-electron chi connectivity index (χ0n) is 12.7. The number of rotatable bonds is 3. The van der Waals surface area contributed by atoms with Gasteiger partial charge in [-0.2, -0.15) is 0 Å². The molecule has 22 heavy (non-hydrogen) atoms. The van der Waals surface area contributed by atoms with E-state index in [9.17, 15) is 9.59 Å². The van der Waals surface area contributed by atoms with Crippen LogP contribution in [0.5, 0.6) is 0 Å². The first-order chi connectivity index (χ1) is 10.4. The highest BCUT2D eigenvalue weighted by atomic mass is 79.9. The molecule has 0 saturated heterocycles. The predicted molar refractivity (Wildman–Crippen MR) is 91.3 cm³/mol. The molecule has 0 unspecified atom stereocenters. The van der Waals surface area contributed by atoms with Crippen LogP contribution in [0.15, 0.2) is 46.9 Å². The molecule has 0 bridgehead atoms. The van der Waals surface area contributed by atoms with Crippen molar-refractivity contribution in [1.29, 1.82) is 0 Å². The van der Waals surface area contributed by atoms with Gasteiger partial charge in [0.15, 0.2) is 0 Å². The molecule has 2 aromatic carbocycles. The van der Waals surface area contributed by atoms with Gasteiger partial charge < -0.3 is 10.2 Å². The Balaban J connectivity index is 2.11. The Labute approximate surface area is 138 Å². The van der Waals surface area contributed by atoms with Gasteiger partial charge in [0.2, 0.25) is 0 Å². The molecular weight excluding hydrogens is 344 g/mol. The van der Waals surface area contributed by atoms with Gasteiger partial charge in [0.25, 0.3) is 11.8 Å². The highest BCUT2D eigenvalue weighted by molar-refractivity contribution is 9.10. The molecule has 0 spiro atoms. The highest BCUT2D eigenvalue weighted by Crippen LogP contribution is 2.19. The van der Waals surface area contributed by atoms with E-state index in [1.807, 2.05) is 13.0 Å². The number of hydrogen-bond acceptors (Lipinski definition) is 2. The molecule has 0 aliphatic heterocycles. The Morgan fingerprint density at radius 1 is 1.00 bits per heavy atom. The van der Waals surface area contributed by atoms with Crippen LogP contribution < -0.4 is 5.32 Å². The SMILES string of the molecule is Cc1ccc(C(=O)Nc2ccc(C(=O)N(C)C)cc2)cc1Br. The minimum absolute atomic E-state index is 0.0691. The van der Waals surface area contributed by atoms with Crippen LogP contribution in [0, 0.1) is 6.92 Å². The third-order valence-corrected chi connectivity index (χ3v) is 4.08. The van der Waals surface area contributed by atoms with Crippen LogP contribution in [-0.4, -0.2) is 30.8 Å². The van der Waals surface area contributed by atoms with Crippen LogP contribution in [0.2, 0.25) is 0 Å². The van der Waals surface area contributed by atoms with E-state index in [0.29, 0.717) is 16.8 Å². The monoisotopic (exact) mass is 360 g/mol. The van der Waals surface area contributed by atoms with E-state index in [1.54, 1.807) is 50.5 Å². The number of hydrogen-bond donors (Lipinski definition) is 1. The zero-order chi connectivity index (χ0) is 16.3. The van der Waals surface area contributed by atoms with Gasteiger partial charge in [-0.25, -0.2) is 0 Å². The van der Waals surface area contributed by atoms with Crippen molar-refractivity contribution in [2.45, 2.75) is 6.92 Å². The van der Waals surface area contributed by atoms with Crippen LogP contribution in [0.4, 0.5) is 5.69 Å². The van der Waals surface area contributed by atoms with Gasteiger partial charge in [0.05, 0.1) is 0 Å². The quantitative estimate of drug-likeness (QED) is 0.906. The van der Waals surface area contributed by atoms with Crippen LogP contribution in [-0.2, 0) is 0 Å². The molecule has 4 nitrogen and oxygen atoms in total. The summed E-state index contributed by atoms with van der Waals surface area (Å²) in [4.78, 5) is 25.5. The Morgan fingerprint density at radius 2 is 1.59 bits per heavy atom. The molecule has 1 N–H and O–H groups in total. The van der Waals surface area contributed by atoms with Crippen molar-refractivity contribution in [2.75, 3.05) is 19.4 Å². The van der Waals surface area contributed by atoms with E-state index in [1.165, 1.54) is 4.90 Å². The van der Waals surface area contributed by atoms with Crippen molar-refractivity contribution in [2.24, 2.45) is 0 Å². The van der Waals surface area contributed by atoms with Gasteiger partial charge in [0.1, 0.15) is 0 Å². The van der Waals surface area contributed by atoms with Gasteiger partial charge in [-0.05, 0) is 48.9 Å². The van der Waals surface area contributed by atoms with Gasteiger partial charge in [-0.1, -0.05) is 22.0 Å². The second-order valence-corrected chi connectivity index (χ2v) is 6.05. The number of halogens is 1. The minimum Gasteiger partial charge on any atom is -0.345 e. The molecule has 2 aromatic rings. The lowest BCUT2D eigenvalue weighted by Gasteiger charge is -2.11. The van der Waals surface area contributed by atoms with Gasteiger partial charge in [0, 0.05) is 35.4 Å². The molecule has 0 atom stereocenters. The topological polar surface area (TPSA) is 49.4 Å². The number of nitrogens with one attached hydrogen (secondary N) is 1.